The molecule has 2 aliphatic rings. The van der Waals surface area contributed by atoms with E-state index in [1.54, 1.807) is 23.8 Å². The monoisotopic (exact) mass is 744 g/mol. The van der Waals surface area contributed by atoms with Crippen LogP contribution in [0.5, 0.6) is 11.5 Å². The van der Waals surface area contributed by atoms with Gasteiger partial charge < -0.3 is 14.4 Å². The smallest absolute Gasteiger partial charge is 0.232 e. The number of aryl methyl sites for hydroxylation is 1. The van der Waals surface area contributed by atoms with Crippen LogP contribution in [0.25, 0.3) is 23.1 Å². The maximum atomic E-state index is 13.6. The lowest BCUT2D eigenvalue weighted by Crippen LogP contribution is -2.35. The van der Waals surface area contributed by atoms with Crippen LogP contribution in [0.15, 0.2) is 18.2 Å². The first-order valence-corrected chi connectivity index (χ1v) is 21.6. The molecule has 0 saturated heterocycles. The van der Waals surface area contributed by atoms with Gasteiger partial charge in [-0.15, -0.1) is 10.2 Å². The van der Waals surface area contributed by atoms with Crippen molar-refractivity contribution >= 4 is 33.1 Å². The first kappa shape index (κ1) is 38.9. The van der Waals surface area contributed by atoms with Crippen molar-refractivity contribution in [3.8, 4) is 22.9 Å². The lowest BCUT2D eigenvalue weighted by atomic mass is 9.85. The predicted molar refractivity (Wildman–Crippen MR) is 216 cm³/mol. The summed E-state index contributed by atoms with van der Waals surface area (Å²) >= 11 is 0. The number of nitrogens with zero attached hydrogens (tertiary/aromatic N) is 5. The number of sulfonamides is 1. The normalized spacial score (nSPS) is 14.9. The van der Waals surface area contributed by atoms with E-state index in [1.165, 1.54) is 86.4 Å². The molecular weight excluding hydrogens is 685 g/mol. The minimum atomic E-state index is -3.70. The number of benzene rings is 2. The van der Waals surface area contributed by atoms with E-state index in [9.17, 15) is 8.42 Å². The molecule has 4 aromatic rings. The van der Waals surface area contributed by atoms with Crippen molar-refractivity contribution in [2.45, 2.75) is 130 Å². The fourth-order valence-corrected chi connectivity index (χ4v) is 9.35. The molecule has 0 radical (unpaired) electrons. The molecule has 0 amide bonds. The molecule has 10 nitrogen and oxygen atoms in total. The zero-order chi connectivity index (χ0) is 37.8. The van der Waals surface area contributed by atoms with Gasteiger partial charge in [0.05, 0.1) is 31.2 Å². The Hall–Kier alpha value is -3.86. The van der Waals surface area contributed by atoms with E-state index in [4.69, 9.17) is 19.7 Å². The van der Waals surface area contributed by atoms with E-state index in [2.05, 4.69) is 61.5 Å². The van der Waals surface area contributed by atoms with Gasteiger partial charge in [0.15, 0.2) is 11.5 Å². The Kier molecular flexibility index (Phi) is 12.2. The Morgan fingerprint density at radius 2 is 1.57 bits per heavy atom. The van der Waals surface area contributed by atoms with Crippen LogP contribution in [0.1, 0.15) is 133 Å². The molecule has 0 spiro atoms. The third-order valence-electron chi connectivity index (χ3n) is 11.0. The van der Waals surface area contributed by atoms with E-state index in [-0.39, 0.29) is 11.2 Å². The van der Waals surface area contributed by atoms with Gasteiger partial charge in [0.2, 0.25) is 10.0 Å². The Labute approximate surface area is 316 Å². The Morgan fingerprint density at radius 1 is 0.887 bits per heavy atom. The van der Waals surface area contributed by atoms with Crippen LogP contribution >= 0.6 is 0 Å². The van der Waals surface area contributed by atoms with Crippen LogP contribution in [0.2, 0.25) is 0 Å². The van der Waals surface area contributed by atoms with Gasteiger partial charge in [-0.05, 0) is 79.5 Å². The van der Waals surface area contributed by atoms with Crippen molar-refractivity contribution < 1.29 is 17.9 Å². The molecule has 1 N–H and O–H groups in total. The standard InChI is InChI=1S/C42H60N6O4S/c1-8-9-10-11-12-13-14-15-16-17-24-53(49,50)46-37-34(27-32(51-6)28-36(37)52-7)40-43-44-41-35(39(42(3,4)5)45-48(40)41)26-31-25-30-20-18-22-47-23-19-21-33(29(31)2)38(30)47/h25-28,46H,8-24H2,1-7H3/b35-26-. The molecule has 0 atom stereocenters. The van der Waals surface area contributed by atoms with Crippen molar-refractivity contribution in [2.75, 3.05) is 42.7 Å². The molecule has 288 valence electrons. The molecule has 0 saturated carbocycles. The van der Waals surface area contributed by atoms with Crippen molar-refractivity contribution in [1.82, 2.24) is 19.8 Å². The van der Waals surface area contributed by atoms with Crippen molar-refractivity contribution in [1.29, 1.82) is 0 Å². The zero-order valence-electron chi connectivity index (χ0n) is 33.1. The summed E-state index contributed by atoms with van der Waals surface area (Å²) in [5.41, 5.74) is 8.86. The van der Waals surface area contributed by atoms with Crippen molar-refractivity contribution in [2.24, 2.45) is 0 Å². The van der Waals surface area contributed by atoms with Crippen molar-refractivity contribution in [3.63, 3.8) is 0 Å². The summed E-state index contributed by atoms with van der Waals surface area (Å²) in [5, 5.41) is 15.4. The van der Waals surface area contributed by atoms with Gasteiger partial charge in [0, 0.05) is 35.5 Å². The molecule has 0 bridgehead atoms. The fraction of sp³-hybridized carbons (Fsp3) is 0.595. The van der Waals surface area contributed by atoms with Crippen LogP contribution in [-0.2, 0) is 28.3 Å². The number of nitrogens with one attached hydrogen (secondary N) is 1. The molecule has 2 aromatic heterocycles. The van der Waals surface area contributed by atoms with Gasteiger partial charge in [-0.25, -0.2) is 8.42 Å². The molecular formula is C42H60N6O4S. The number of ether oxygens (including phenoxy) is 2. The molecule has 0 unspecified atom stereocenters. The van der Waals surface area contributed by atoms with Crippen LogP contribution in [-0.4, -0.2) is 61.3 Å². The molecule has 0 aliphatic carbocycles. The summed E-state index contributed by atoms with van der Waals surface area (Å²) in [4.78, 5) is 2.58. The summed E-state index contributed by atoms with van der Waals surface area (Å²) < 4.78 is 43.2. The highest BCUT2D eigenvalue weighted by molar-refractivity contribution is 7.92. The Bertz CT molecular complexity index is 2070. The number of rotatable bonds is 17. The first-order valence-electron chi connectivity index (χ1n) is 19.9. The molecule has 53 heavy (non-hydrogen) atoms. The number of aromatic nitrogens is 4. The molecule has 11 heteroatoms. The maximum absolute atomic E-state index is 13.6. The van der Waals surface area contributed by atoms with Gasteiger partial charge in [0.25, 0.3) is 0 Å². The summed E-state index contributed by atoms with van der Waals surface area (Å²) in [6.07, 6.45) is 18.1. The van der Waals surface area contributed by atoms with E-state index >= 15 is 0 Å². The molecule has 0 fully saturated rings. The number of fused-ring (bicyclic) bond motifs is 1. The number of unbranched alkanes of at least 4 members (excludes halogenated alkanes) is 9. The third-order valence-corrected chi connectivity index (χ3v) is 12.3. The second-order valence-corrected chi connectivity index (χ2v) is 17.9. The Balaban J connectivity index is 1.34. The number of hydrogen-bond donors (Lipinski definition) is 1. The van der Waals surface area contributed by atoms with Gasteiger partial charge in [-0.1, -0.05) is 85.5 Å². The highest BCUT2D eigenvalue weighted by Crippen LogP contribution is 2.41. The molecule has 6 rings (SSSR count). The van der Waals surface area contributed by atoms with Gasteiger partial charge in [-0.2, -0.15) is 9.61 Å². The lowest BCUT2D eigenvalue weighted by molar-refractivity contribution is 0.396. The fourth-order valence-electron chi connectivity index (χ4n) is 8.14. The number of anilines is 2. The third kappa shape index (κ3) is 8.60. The zero-order valence-corrected chi connectivity index (χ0v) is 33.9. The highest BCUT2D eigenvalue weighted by Gasteiger charge is 2.29. The lowest BCUT2D eigenvalue weighted by Gasteiger charge is -2.38. The summed E-state index contributed by atoms with van der Waals surface area (Å²) in [5.74, 6) is 1.28. The average Bonchev–Trinajstić information content (AvgIpc) is 3.71. The summed E-state index contributed by atoms with van der Waals surface area (Å²) in [6, 6.07) is 5.83. The van der Waals surface area contributed by atoms with Crippen LogP contribution in [0.3, 0.4) is 0 Å². The quantitative estimate of drug-likeness (QED) is 0.108. The maximum Gasteiger partial charge on any atom is 0.232 e. The minimum absolute atomic E-state index is 0.0230. The average molecular weight is 745 g/mol. The molecule has 4 heterocycles. The predicted octanol–water partition coefficient (Wildman–Crippen LogP) is 8.32. The molecule has 2 aromatic carbocycles. The molecule has 2 aliphatic heterocycles. The van der Waals surface area contributed by atoms with Gasteiger partial charge >= 0.3 is 0 Å². The second kappa shape index (κ2) is 16.7. The van der Waals surface area contributed by atoms with Gasteiger partial charge in [-0.3, -0.25) is 4.72 Å². The van der Waals surface area contributed by atoms with Crippen LogP contribution in [0.4, 0.5) is 11.4 Å². The van der Waals surface area contributed by atoms with Crippen molar-refractivity contribution in [3.05, 3.63) is 51.4 Å². The van der Waals surface area contributed by atoms with Crippen LogP contribution in [0, 0.1) is 6.92 Å². The number of hydrogen-bond acceptors (Lipinski definition) is 8. The van der Waals surface area contributed by atoms with Crippen LogP contribution < -0.4 is 24.3 Å². The van der Waals surface area contributed by atoms with Gasteiger partial charge in [0.1, 0.15) is 17.2 Å². The van der Waals surface area contributed by atoms with E-state index in [1.807, 2.05) is 0 Å². The minimum Gasteiger partial charge on any atom is -0.497 e. The topological polar surface area (TPSA) is 111 Å². The van der Waals surface area contributed by atoms with E-state index < -0.39 is 10.0 Å². The summed E-state index contributed by atoms with van der Waals surface area (Å²) in [6.45, 7) is 13.2. The summed E-state index contributed by atoms with van der Waals surface area (Å²) in [7, 11) is -0.605. The SMILES string of the molecule is CCCCCCCCCCCCS(=O)(=O)Nc1c(OC)cc(OC)cc1-c1nnc2/c(=C\c3cc4c5c(c3C)CCCN5CCC4)c(C(C)(C)C)nn12. The second-order valence-electron chi connectivity index (χ2n) is 16.0. The first-order chi connectivity index (χ1) is 25.5. The number of methoxy groups -OCH3 is 2. The largest absolute Gasteiger partial charge is 0.497 e. The highest BCUT2D eigenvalue weighted by atomic mass is 32.2. The van der Waals surface area contributed by atoms with E-state index in [0.717, 1.165) is 56.1 Å². The Morgan fingerprint density at radius 3 is 2.23 bits per heavy atom. The van der Waals surface area contributed by atoms with E-state index in [0.29, 0.717) is 40.6 Å².